The smallest absolute Gasteiger partial charge is 0.322 e. The number of para-hydroxylation sites is 1. The Kier molecular flexibility index (Phi) is 7.53. The predicted octanol–water partition coefficient (Wildman–Crippen LogP) is 5.75. The van der Waals surface area contributed by atoms with Crippen molar-refractivity contribution < 1.29 is 9.53 Å². The maximum atomic E-state index is 13.8. The topological polar surface area (TPSA) is 88.5 Å². The number of carbonyl (C=O) groups is 1. The fraction of sp³-hybridized carbons (Fsp3) is 0.179. The molecule has 2 heterocycles. The highest BCUT2D eigenvalue weighted by Gasteiger charge is 2.27. The van der Waals surface area contributed by atoms with Crippen LogP contribution in [0.2, 0.25) is 10.0 Å². The molecule has 194 valence electrons. The van der Waals surface area contributed by atoms with Gasteiger partial charge < -0.3 is 20.3 Å². The van der Waals surface area contributed by atoms with Crippen LogP contribution in [0, 0.1) is 0 Å². The van der Waals surface area contributed by atoms with Gasteiger partial charge in [-0.05, 0) is 48.0 Å². The summed E-state index contributed by atoms with van der Waals surface area (Å²) in [6.45, 7) is 1.01. The SMILES string of the molecule is COc1ccc(CNc2nc3c(c(=O)n2-c2ccccc2)CN(C(=O)Nc2cc(Cl)cc(Cl)c2)CC3)cc1. The summed E-state index contributed by atoms with van der Waals surface area (Å²) in [6.07, 6.45) is 0.446. The number of hydrogen-bond acceptors (Lipinski definition) is 5. The highest BCUT2D eigenvalue weighted by molar-refractivity contribution is 6.35. The number of rotatable bonds is 6. The van der Waals surface area contributed by atoms with Crippen LogP contribution in [0.15, 0.2) is 77.6 Å². The summed E-state index contributed by atoms with van der Waals surface area (Å²) in [4.78, 5) is 33.3. The molecular weight excluding hydrogens is 525 g/mol. The molecular formula is C28H25Cl2N5O3. The van der Waals surface area contributed by atoms with E-state index < -0.39 is 0 Å². The molecule has 0 atom stereocenters. The third kappa shape index (κ3) is 5.61. The van der Waals surface area contributed by atoms with Crippen LogP contribution in [0.5, 0.6) is 5.75 Å². The number of nitrogens with one attached hydrogen (secondary N) is 2. The monoisotopic (exact) mass is 549 g/mol. The minimum atomic E-state index is -0.346. The average Bonchev–Trinajstić information content (AvgIpc) is 2.92. The maximum Gasteiger partial charge on any atom is 0.322 e. The van der Waals surface area contributed by atoms with Gasteiger partial charge in [0.05, 0.1) is 30.6 Å². The first-order chi connectivity index (χ1) is 18.4. The number of anilines is 2. The largest absolute Gasteiger partial charge is 0.497 e. The van der Waals surface area contributed by atoms with Gasteiger partial charge in [0, 0.05) is 35.2 Å². The van der Waals surface area contributed by atoms with Gasteiger partial charge in [0.1, 0.15) is 5.75 Å². The lowest BCUT2D eigenvalue weighted by Gasteiger charge is -2.29. The van der Waals surface area contributed by atoms with E-state index >= 15 is 0 Å². The lowest BCUT2D eigenvalue weighted by atomic mass is 10.1. The van der Waals surface area contributed by atoms with E-state index in [1.54, 1.807) is 34.8 Å². The summed E-state index contributed by atoms with van der Waals surface area (Å²) in [5, 5.41) is 6.98. The third-order valence-corrected chi connectivity index (χ3v) is 6.69. The lowest BCUT2D eigenvalue weighted by molar-refractivity contribution is 0.205. The molecule has 0 saturated heterocycles. The van der Waals surface area contributed by atoms with E-state index in [9.17, 15) is 9.59 Å². The number of carbonyl (C=O) groups excluding carboxylic acids is 1. The van der Waals surface area contributed by atoms with E-state index in [4.69, 9.17) is 32.9 Å². The van der Waals surface area contributed by atoms with Gasteiger partial charge in [0.25, 0.3) is 5.56 Å². The molecule has 0 fully saturated rings. The zero-order valence-corrected chi connectivity index (χ0v) is 22.1. The molecule has 0 saturated carbocycles. The van der Waals surface area contributed by atoms with Gasteiger partial charge in [-0.2, -0.15) is 0 Å². The second kappa shape index (κ2) is 11.2. The Labute approximate surface area is 229 Å². The van der Waals surface area contributed by atoms with Crippen molar-refractivity contribution in [2.24, 2.45) is 0 Å². The molecule has 5 rings (SSSR count). The molecule has 4 aromatic rings. The lowest BCUT2D eigenvalue weighted by Crippen LogP contribution is -2.43. The summed E-state index contributed by atoms with van der Waals surface area (Å²) in [7, 11) is 1.63. The molecule has 38 heavy (non-hydrogen) atoms. The van der Waals surface area contributed by atoms with Crippen molar-refractivity contribution in [2.45, 2.75) is 19.5 Å². The fourth-order valence-corrected chi connectivity index (χ4v) is 4.86. The second-order valence-corrected chi connectivity index (χ2v) is 9.67. The normalized spacial score (nSPS) is 12.6. The van der Waals surface area contributed by atoms with Crippen molar-refractivity contribution in [2.75, 3.05) is 24.3 Å². The van der Waals surface area contributed by atoms with Gasteiger partial charge >= 0.3 is 6.03 Å². The van der Waals surface area contributed by atoms with Crippen LogP contribution in [0.3, 0.4) is 0 Å². The van der Waals surface area contributed by atoms with E-state index in [0.29, 0.717) is 58.1 Å². The molecule has 0 radical (unpaired) electrons. The van der Waals surface area contributed by atoms with Crippen molar-refractivity contribution in [3.63, 3.8) is 0 Å². The van der Waals surface area contributed by atoms with Crippen LogP contribution in [-0.2, 0) is 19.5 Å². The minimum Gasteiger partial charge on any atom is -0.497 e. The molecule has 1 aliphatic rings. The quantitative estimate of drug-likeness (QED) is 0.319. The van der Waals surface area contributed by atoms with Crippen LogP contribution in [0.4, 0.5) is 16.4 Å². The number of urea groups is 1. The Morgan fingerprint density at radius 1 is 1.03 bits per heavy atom. The molecule has 0 spiro atoms. The van der Waals surface area contributed by atoms with Crippen molar-refractivity contribution >= 4 is 40.9 Å². The molecule has 0 aliphatic carbocycles. The molecule has 8 nitrogen and oxygen atoms in total. The molecule has 1 aliphatic heterocycles. The summed E-state index contributed by atoms with van der Waals surface area (Å²) >= 11 is 12.1. The van der Waals surface area contributed by atoms with E-state index in [1.165, 1.54) is 0 Å². The number of methoxy groups -OCH3 is 1. The summed E-state index contributed by atoms with van der Waals surface area (Å²) < 4.78 is 6.79. The van der Waals surface area contributed by atoms with Crippen LogP contribution >= 0.6 is 23.2 Å². The first-order valence-corrected chi connectivity index (χ1v) is 12.8. The first kappa shape index (κ1) is 25.6. The van der Waals surface area contributed by atoms with Gasteiger partial charge in [-0.1, -0.05) is 53.5 Å². The van der Waals surface area contributed by atoms with E-state index in [-0.39, 0.29) is 18.1 Å². The zero-order valence-electron chi connectivity index (χ0n) is 20.6. The Morgan fingerprint density at radius 2 is 1.74 bits per heavy atom. The van der Waals surface area contributed by atoms with Gasteiger partial charge in [0.15, 0.2) is 0 Å². The molecule has 0 unspecified atom stereocenters. The summed E-state index contributed by atoms with van der Waals surface area (Å²) in [5.74, 6) is 1.22. The molecule has 1 aromatic heterocycles. The summed E-state index contributed by atoms with van der Waals surface area (Å²) in [5.41, 5.74) is 3.11. The Morgan fingerprint density at radius 3 is 2.42 bits per heavy atom. The van der Waals surface area contributed by atoms with Crippen LogP contribution in [0.1, 0.15) is 16.8 Å². The van der Waals surface area contributed by atoms with Crippen molar-refractivity contribution in [1.82, 2.24) is 14.5 Å². The molecule has 3 aromatic carbocycles. The Hall–Kier alpha value is -4.01. The van der Waals surface area contributed by atoms with Crippen LogP contribution in [0.25, 0.3) is 5.69 Å². The van der Waals surface area contributed by atoms with Crippen molar-refractivity contribution in [3.05, 3.63) is 110 Å². The standard InChI is InChI=1S/C28H25Cl2N5O3/c1-38-23-9-7-18(8-10-23)16-31-27-33-25-11-12-34(28(37)32-21-14-19(29)13-20(30)15-21)17-24(25)26(36)35(27)22-5-3-2-4-6-22/h2-10,13-15H,11-12,16-17H2,1H3,(H,31,33)(H,32,37). The van der Waals surface area contributed by atoms with E-state index in [0.717, 1.165) is 11.3 Å². The number of benzene rings is 3. The average molecular weight is 550 g/mol. The van der Waals surface area contributed by atoms with Crippen molar-refractivity contribution in [1.29, 1.82) is 0 Å². The number of halogens is 2. The van der Waals surface area contributed by atoms with Gasteiger partial charge in [-0.25, -0.2) is 14.3 Å². The molecule has 2 amide bonds. The Bertz CT molecular complexity index is 1500. The number of ether oxygens (including phenoxy) is 1. The molecule has 10 heteroatoms. The van der Waals surface area contributed by atoms with E-state index in [2.05, 4.69) is 10.6 Å². The second-order valence-electron chi connectivity index (χ2n) is 8.80. The minimum absolute atomic E-state index is 0.132. The number of amides is 2. The first-order valence-electron chi connectivity index (χ1n) is 12.0. The third-order valence-electron chi connectivity index (χ3n) is 6.25. The highest BCUT2D eigenvalue weighted by atomic mass is 35.5. The fourth-order valence-electron chi connectivity index (χ4n) is 4.34. The number of fused-ring (bicyclic) bond motifs is 1. The highest BCUT2D eigenvalue weighted by Crippen LogP contribution is 2.24. The summed E-state index contributed by atoms with van der Waals surface area (Å²) in [6, 6.07) is 21.5. The predicted molar refractivity (Wildman–Crippen MR) is 150 cm³/mol. The van der Waals surface area contributed by atoms with E-state index in [1.807, 2.05) is 54.6 Å². The number of aromatic nitrogens is 2. The number of hydrogen-bond donors (Lipinski definition) is 2. The zero-order chi connectivity index (χ0) is 26.6. The molecule has 2 N–H and O–H groups in total. The van der Waals surface area contributed by atoms with Crippen LogP contribution < -0.4 is 20.9 Å². The Balaban J connectivity index is 1.43. The maximum absolute atomic E-state index is 13.8. The molecule has 0 bridgehead atoms. The van der Waals surface area contributed by atoms with Gasteiger partial charge in [-0.15, -0.1) is 0 Å². The van der Waals surface area contributed by atoms with Gasteiger partial charge in [0.2, 0.25) is 5.95 Å². The number of nitrogens with zero attached hydrogens (tertiary/aromatic N) is 3. The van der Waals surface area contributed by atoms with Crippen molar-refractivity contribution in [3.8, 4) is 11.4 Å². The van der Waals surface area contributed by atoms with Gasteiger partial charge in [-0.3, -0.25) is 4.79 Å². The van der Waals surface area contributed by atoms with Crippen LogP contribution in [-0.4, -0.2) is 34.1 Å².